The highest BCUT2D eigenvalue weighted by molar-refractivity contribution is 5.78. The number of hydrogen-bond donors (Lipinski definition) is 1. The molecule has 1 unspecified atom stereocenters. The van der Waals surface area contributed by atoms with Gasteiger partial charge in [0.05, 0.1) is 6.54 Å². The number of carbonyl (C=O) groups excluding carboxylic acids is 1. The first-order valence-corrected chi connectivity index (χ1v) is 6.68. The van der Waals surface area contributed by atoms with Crippen LogP contribution in [0.1, 0.15) is 37.9 Å². The SMILES string of the molecule is Cc1cc(F)ccc1C(NCC(F)(F)F)C(=O)OC(C)(C)C. The Bertz CT molecular complexity index is 535. The molecule has 22 heavy (non-hydrogen) atoms. The van der Waals surface area contributed by atoms with E-state index in [4.69, 9.17) is 4.74 Å². The molecule has 0 aliphatic rings. The normalized spacial score (nSPS) is 13.8. The summed E-state index contributed by atoms with van der Waals surface area (Å²) in [5.41, 5.74) is -0.228. The monoisotopic (exact) mass is 321 g/mol. The first-order chi connectivity index (χ1) is 9.89. The van der Waals surface area contributed by atoms with Gasteiger partial charge in [-0.05, 0) is 51.0 Å². The van der Waals surface area contributed by atoms with Crippen LogP contribution in [-0.4, -0.2) is 24.3 Å². The van der Waals surface area contributed by atoms with Crippen molar-refractivity contribution in [2.45, 2.75) is 45.5 Å². The van der Waals surface area contributed by atoms with Crippen molar-refractivity contribution in [1.82, 2.24) is 5.32 Å². The largest absolute Gasteiger partial charge is 0.459 e. The Morgan fingerprint density at radius 1 is 1.27 bits per heavy atom. The van der Waals surface area contributed by atoms with Crippen molar-refractivity contribution in [3.63, 3.8) is 0 Å². The van der Waals surface area contributed by atoms with Crippen molar-refractivity contribution in [1.29, 1.82) is 0 Å². The molecule has 1 aromatic carbocycles. The highest BCUT2D eigenvalue weighted by atomic mass is 19.4. The lowest BCUT2D eigenvalue weighted by Crippen LogP contribution is -2.39. The van der Waals surface area contributed by atoms with Gasteiger partial charge in [0.25, 0.3) is 0 Å². The topological polar surface area (TPSA) is 38.3 Å². The second-order valence-corrected chi connectivity index (χ2v) is 5.96. The highest BCUT2D eigenvalue weighted by Crippen LogP contribution is 2.24. The summed E-state index contributed by atoms with van der Waals surface area (Å²) in [6, 6.07) is 2.21. The van der Waals surface area contributed by atoms with Crippen molar-refractivity contribution >= 4 is 5.97 Å². The molecule has 0 radical (unpaired) electrons. The predicted molar refractivity (Wildman–Crippen MR) is 73.8 cm³/mol. The van der Waals surface area contributed by atoms with Gasteiger partial charge in [-0.2, -0.15) is 13.2 Å². The molecule has 0 spiro atoms. The van der Waals surface area contributed by atoms with Crippen LogP contribution in [0.3, 0.4) is 0 Å². The van der Waals surface area contributed by atoms with Crippen LogP contribution in [0.25, 0.3) is 0 Å². The van der Waals surface area contributed by atoms with Crippen LogP contribution in [0.4, 0.5) is 17.6 Å². The molecule has 0 aliphatic heterocycles. The average Bonchev–Trinajstić information content (AvgIpc) is 2.27. The van der Waals surface area contributed by atoms with Crippen LogP contribution in [0, 0.1) is 12.7 Å². The summed E-state index contributed by atoms with van der Waals surface area (Å²) in [6.07, 6.45) is -4.48. The van der Waals surface area contributed by atoms with Crippen molar-refractivity contribution in [3.8, 4) is 0 Å². The van der Waals surface area contributed by atoms with Gasteiger partial charge in [-0.15, -0.1) is 0 Å². The van der Waals surface area contributed by atoms with Gasteiger partial charge in [0.2, 0.25) is 0 Å². The van der Waals surface area contributed by atoms with Crippen molar-refractivity contribution in [3.05, 3.63) is 35.1 Å². The number of hydrogen-bond acceptors (Lipinski definition) is 3. The maximum absolute atomic E-state index is 13.1. The number of benzene rings is 1. The Labute approximate surface area is 126 Å². The van der Waals surface area contributed by atoms with Crippen LogP contribution in [0.15, 0.2) is 18.2 Å². The molecule has 0 saturated carbocycles. The molecule has 0 aromatic heterocycles. The van der Waals surface area contributed by atoms with Crippen LogP contribution >= 0.6 is 0 Å². The van der Waals surface area contributed by atoms with Gasteiger partial charge in [0.1, 0.15) is 17.5 Å². The van der Waals surface area contributed by atoms with Crippen LogP contribution in [0.2, 0.25) is 0 Å². The summed E-state index contributed by atoms with van der Waals surface area (Å²) >= 11 is 0. The third-order valence-electron chi connectivity index (χ3n) is 2.69. The fourth-order valence-corrected chi connectivity index (χ4v) is 1.86. The number of ether oxygens (including phenoxy) is 1. The average molecular weight is 321 g/mol. The van der Waals surface area contributed by atoms with E-state index in [0.29, 0.717) is 5.56 Å². The minimum absolute atomic E-state index is 0.250. The van der Waals surface area contributed by atoms with E-state index in [1.807, 2.05) is 0 Å². The van der Waals surface area contributed by atoms with Gasteiger partial charge in [0, 0.05) is 0 Å². The van der Waals surface area contributed by atoms with Gasteiger partial charge in [-0.25, -0.2) is 9.18 Å². The zero-order valence-corrected chi connectivity index (χ0v) is 12.8. The van der Waals surface area contributed by atoms with Gasteiger partial charge >= 0.3 is 12.1 Å². The molecule has 1 atom stereocenters. The highest BCUT2D eigenvalue weighted by Gasteiger charge is 2.33. The third kappa shape index (κ3) is 6.01. The molecule has 0 aliphatic carbocycles. The second-order valence-electron chi connectivity index (χ2n) is 5.96. The lowest BCUT2D eigenvalue weighted by molar-refractivity contribution is -0.160. The Kier molecular flexibility index (Phi) is 5.56. The van der Waals surface area contributed by atoms with E-state index >= 15 is 0 Å². The molecule has 124 valence electrons. The van der Waals surface area contributed by atoms with Gasteiger partial charge in [-0.1, -0.05) is 6.07 Å². The van der Waals surface area contributed by atoms with E-state index in [0.717, 1.165) is 12.1 Å². The Morgan fingerprint density at radius 2 is 1.86 bits per heavy atom. The molecular formula is C15H19F4NO2. The van der Waals surface area contributed by atoms with E-state index in [2.05, 4.69) is 5.32 Å². The summed E-state index contributed by atoms with van der Waals surface area (Å²) in [5, 5.41) is 2.14. The van der Waals surface area contributed by atoms with E-state index in [1.54, 1.807) is 20.8 Å². The summed E-state index contributed by atoms with van der Waals surface area (Å²) < 4.78 is 55.6. The predicted octanol–water partition coefficient (Wildman–Crippen LogP) is 3.67. The molecule has 1 rings (SSSR count). The summed E-state index contributed by atoms with van der Waals surface area (Å²) in [7, 11) is 0. The number of aryl methyl sites for hydroxylation is 1. The standard InChI is InChI=1S/C15H19F4NO2/c1-9-7-10(16)5-6-11(9)12(20-8-15(17,18)19)13(21)22-14(2,3)4/h5-7,12,20H,8H2,1-4H3. The first-order valence-electron chi connectivity index (χ1n) is 6.68. The number of nitrogens with one attached hydrogen (secondary N) is 1. The first kappa shape index (κ1) is 18.4. The van der Waals surface area contributed by atoms with E-state index in [1.165, 1.54) is 13.0 Å². The molecule has 0 bridgehead atoms. The van der Waals surface area contributed by atoms with Gasteiger partial charge in [0.15, 0.2) is 0 Å². The van der Waals surface area contributed by atoms with Gasteiger partial charge < -0.3 is 4.74 Å². The summed E-state index contributed by atoms with van der Waals surface area (Å²) in [4.78, 5) is 12.2. The fourth-order valence-electron chi connectivity index (χ4n) is 1.86. The minimum Gasteiger partial charge on any atom is -0.459 e. The molecule has 1 aromatic rings. The number of rotatable bonds is 4. The number of carbonyl (C=O) groups is 1. The minimum atomic E-state index is -4.48. The molecule has 3 nitrogen and oxygen atoms in total. The van der Waals surface area contributed by atoms with Crippen LogP contribution in [0.5, 0.6) is 0 Å². The maximum atomic E-state index is 13.1. The van der Waals surface area contributed by atoms with E-state index in [9.17, 15) is 22.4 Å². The summed E-state index contributed by atoms with van der Waals surface area (Å²) in [6.45, 7) is 5.01. The van der Waals surface area contributed by atoms with Crippen LogP contribution < -0.4 is 5.32 Å². The lowest BCUT2D eigenvalue weighted by Gasteiger charge is -2.26. The third-order valence-corrected chi connectivity index (χ3v) is 2.69. The molecule has 0 heterocycles. The number of alkyl halides is 3. The molecule has 1 N–H and O–H groups in total. The fraction of sp³-hybridized carbons (Fsp3) is 0.533. The van der Waals surface area contributed by atoms with Gasteiger partial charge in [-0.3, -0.25) is 5.32 Å². The molecular weight excluding hydrogens is 302 g/mol. The lowest BCUT2D eigenvalue weighted by atomic mass is 10.0. The van der Waals surface area contributed by atoms with Crippen molar-refractivity contribution in [2.75, 3.05) is 6.54 Å². The number of halogens is 4. The molecule has 7 heteroatoms. The van der Waals surface area contributed by atoms with Crippen molar-refractivity contribution in [2.24, 2.45) is 0 Å². The summed E-state index contributed by atoms with van der Waals surface area (Å²) in [5.74, 6) is -1.37. The van der Waals surface area contributed by atoms with Crippen LogP contribution in [-0.2, 0) is 9.53 Å². The molecule has 0 amide bonds. The van der Waals surface area contributed by atoms with Crippen molar-refractivity contribution < 1.29 is 27.1 Å². The Hall–Kier alpha value is -1.63. The van der Waals surface area contributed by atoms with E-state index < -0.39 is 36.2 Å². The maximum Gasteiger partial charge on any atom is 0.401 e. The number of esters is 1. The second kappa shape index (κ2) is 6.64. The zero-order valence-electron chi connectivity index (χ0n) is 12.8. The molecule has 0 saturated heterocycles. The zero-order chi connectivity index (χ0) is 17.1. The van der Waals surface area contributed by atoms with E-state index in [-0.39, 0.29) is 5.56 Å². The Balaban J connectivity index is 3.07. The molecule has 0 fully saturated rings. The quantitative estimate of drug-likeness (QED) is 0.679. The smallest absolute Gasteiger partial charge is 0.401 e. The Morgan fingerprint density at radius 3 is 2.32 bits per heavy atom.